The van der Waals surface area contributed by atoms with Gasteiger partial charge in [-0.2, -0.15) is 11.8 Å². The summed E-state index contributed by atoms with van der Waals surface area (Å²) in [6, 6.07) is 1.50. The number of nitrogens with one attached hydrogen (secondary N) is 1. The molecule has 0 aromatic rings. The summed E-state index contributed by atoms with van der Waals surface area (Å²) in [7, 11) is 0. The van der Waals surface area contributed by atoms with Crippen molar-refractivity contribution in [1.82, 2.24) is 5.32 Å². The van der Waals surface area contributed by atoms with Crippen LogP contribution in [0.15, 0.2) is 0 Å². The smallest absolute Gasteiger partial charge is 0.0132 e. The van der Waals surface area contributed by atoms with Gasteiger partial charge in [0.25, 0.3) is 0 Å². The van der Waals surface area contributed by atoms with Crippen LogP contribution in [0.2, 0.25) is 0 Å². The summed E-state index contributed by atoms with van der Waals surface area (Å²) in [6.45, 7) is 4.62. The third-order valence-electron chi connectivity index (χ3n) is 3.06. The van der Waals surface area contributed by atoms with Gasteiger partial charge in [0.2, 0.25) is 0 Å². The quantitative estimate of drug-likeness (QED) is 0.734. The Hall–Kier alpha value is 0.310. The molecule has 1 fully saturated rings. The van der Waals surface area contributed by atoms with Crippen LogP contribution in [-0.2, 0) is 0 Å². The van der Waals surface area contributed by atoms with Crippen molar-refractivity contribution in [3.05, 3.63) is 0 Å². The number of thioether (sulfide) groups is 1. The van der Waals surface area contributed by atoms with Crippen LogP contribution in [0, 0.1) is 5.92 Å². The van der Waals surface area contributed by atoms with Gasteiger partial charge >= 0.3 is 0 Å². The first-order valence-electron chi connectivity index (χ1n) is 5.51. The molecule has 1 aliphatic rings. The average Bonchev–Trinajstić information content (AvgIpc) is 2.52. The van der Waals surface area contributed by atoms with E-state index in [1.54, 1.807) is 0 Å². The molecule has 3 atom stereocenters. The van der Waals surface area contributed by atoms with Crippen molar-refractivity contribution in [2.45, 2.75) is 51.6 Å². The van der Waals surface area contributed by atoms with E-state index in [1.807, 2.05) is 11.8 Å². The molecule has 1 rings (SSSR count). The molecule has 2 heteroatoms. The van der Waals surface area contributed by atoms with E-state index < -0.39 is 0 Å². The zero-order valence-electron chi connectivity index (χ0n) is 9.18. The highest BCUT2D eigenvalue weighted by Crippen LogP contribution is 2.28. The Kier molecular flexibility index (Phi) is 5.18. The molecule has 0 aromatic carbocycles. The predicted molar refractivity (Wildman–Crippen MR) is 62.4 cm³/mol. The van der Waals surface area contributed by atoms with Crippen molar-refractivity contribution >= 4 is 11.8 Å². The molecule has 0 heterocycles. The first kappa shape index (κ1) is 11.4. The molecule has 0 spiro atoms. The van der Waals surface area contributed by atoms with Crippen LogP contribution < -0.4 is 5.32 Å². The Labute approximate surface area is 87.1 Å². The Morgan fingerprint density at radius 2 is 2.23 bits per heavy atom. The molecule has 1 aliphatic carbocycles. The second-order valence-electron chi connectivity index (χ2n) is 4.31. The fourth-order valence-corrected chi connectivity index (χ4v) is 2.89. The maximum absolute atomic E-state index is 3.72. The van der Waals surface area contributed by atoms with Gasteiger partial charge in [-0.3, -0.25) is 0 Å². The molecule has 0 saturated heterocycles. The molecular weight excluding hydrogens is 178 g/mol. The van der Waals surface area contributed by atoms with Gasteiger partial charge in [0.05, 0.1) is 0 Å². The Bertz CT molecular complexity index is 138. The monoisotopic (exact) mass is 201 g/mol. The third kappa shape index (κ3) is 3.90. The van der Waals surface area contributed by atoms with Gasteiger partial charge in [-0.15, -0.1) is 0 Å². The standard InChI is InChI=1S/C11H23NS/c1-4-10-5-6-11(7-10)12-9(2)8-13-3/h9-12H,4-8H2,1-3H3. The summed E-state index contributed by atoms with van der Waals surface area (Å²) in [5.74, 6) is 2.24. The minimum atomic E-state index is 0.690. The predicted octanol–water partition coefficient (Wildman–Crippen LogP) is 2.91. The van der Waals surface area contributed by atoms with Gasteiger partial charge in [-0.25, -0.2) is 0 Å². The van der Waals surface area contributed by atoms with E-state index in [2.05, 4.69) is 25.4 Å². The van der Waals surface area contributed by atoms with Crippen LogP contribution in [-0.4, -0.2) is 24.1 Å². The average molecular weight is 201 g/mol. The maximum atomic E-state index is 3.72. The molecule has 0 amide bonds. The lowest BCUT2D eigenvalue weighted by molar-refractivity contribution is 0.448. The zero-order chi connectivity index (χ0) is 9.68. The summed E-state index contributed by atoms with van der Waals surface area (Å²) in [5, 5.41) is 3.72. The minimum Gasteiger partial charge on any atom is -0.311 e. The molecule has 1 saturated carbocycles. The van der Waals surface area contributed by atoms with E-state index in [0.29, 0.717) is 6.04 Å². The van der Waals surface area contributed by atoms with Crippen LogP contribution in [0.3, 0.4) is 0 Å². The van der Waals surface area contributed by atoms with Crippen LogP contribution in [0.25, 0.3) is 0 Å². The largest absolute Gasteiger partial charge is 0.311 e. The van der Waals surface area contributed by atoms with Gasteiger partial charge < -0.3 is 5.32 Å². The highest BCUT2D eigenvalue weighted by atomic mass is 32.2. The Balaban J connectivity index is 2.16. The SMILES string of the molecule is CCC1CCC(NC(C)CSC)C1. The van der Waals surface area contributed by atoms with Crippen molar-refractivity contribution < 1.29 is 0 Å². The summed E-state index contributed by atoms with van der Waals surface area (Å²) in [5.41, 5.74) is 0. The topological polar surface area (TPSA) is 12.0 Å². The molecule has 1 nitrogen and oxygen atoms in total. The molecule has 13 heavy (non-hydrogen) atoms. The molecule has 1 N–H and O–H groups in total. The van der Waals surface area contributed by atoms with E-state index in [9.17, 15) is 0 Å². The van der Waals surface area contributed by atoms with Gasteiger partial charge in [-0.1, -0.05) is 13.3 Å². The molecule has 78 valence electrons. The second kappa shape index (κ2) is 5.92. The first-order chi connectivity index (χ1) is 6.26. The van der Waals surface area contributed by atoms with Gasteiger partial charge in [0.1, 0.15) is 0 Å². The summed E-state index contributed by atoms with van der Waals surface area (Å²) in [4.78, 5) is 0. The van der Waals surface area contributed by atoms with E-state index in [-0.39, 0.29) is 0 Å². The van der Waals surface area contributed by atoms with Crippen LogP contribution in [0.5, 0.6) is 0 Å². The minimum absolute atomic E-state index is 0.690. The lowest BCUT2D eigenvalue weighted by Crippen LogP contribution is -2.36. The van der Waals surface area contributed by atoms with Crippen molar-refractivity contribution in [2.75, 3.05) is 12.0 Å². The van der Waals surface area contributed by atoms with Crippen molar-refractivity contribution in [3.63, 3.8) is 0 Å². The highest BCUT2D eigenvalue weighted by Gasteiger charge is 2.23. The summed E-state index contributed by atoms with van der Waals surface area (Å²) >= 11 is 1.94. The molecular formula is C11H23NS. The van der Waals surface area contributed by atoms with Gasteiger partial charge in [-0.05, 0) is 38.4 Å². The Morgan fingerprint density at radius 3 is 2.77 bits per heavy atom. The fourth-order valence-electron chi connectivity index (χ4n) is 2.30. The lowest BCUT2D eigenvalue weighted by atomic mass is 10.1. The number of rotatable bonds is 5. The summed E-state index contributed by atoms with van der Waals surface area (Å²) < 4.78 is 0. The summed E-state index contributed by atoms with van der Waals surface area (Å²) in [6.07, 6.45) is 7.81. The molecule has 0 bridgehead atoms. The number of hydrogen-bond acceptors (Lipinski definition) is 2. The van der Waals surface area contributed by atoms with Crippen molar-refractivity contribution in [3.8, 4) is 0 Å². The maximum Gasteiger partial charge on any atom is 0.0132 e. The van der Waals surface area contributed by atoms with Gasteiger partial charge in [0, 0.05) is 17.8 Å². The van der Waals surface area contributed by atoms with E-state index in [4.69, 9.17) is 0 Å². The van der Waals surface area contributed by atoms with Crippen LogP contribution in [0.4, 0.5) is 0 Å². The van der Waals surface area contributed by atoms with E-state index >= 15 is 0 Å². The highest BCUT2D eigenvalue weighted by molar-refractivity contribution is 7.98. The Morgan fingerprint density at radius 1 is 1.46 bits per heavy atom. The first-order valence-corrected chi connectivity index (χ1v) is 6.90. The van der Waals surface area contributed by atoms with E-state index in [1.165, 1.54) is 31.4 Å². The van der Waals surface area contributed by atoms with Crippen molar-refractivity contribution in [1.29, 1.82) is 0 Å². The lowest BCUT2D eigenvalue weighted by Gasteiger charge is -2.18. The molecule has 0 aliphatic heterocycles. The van der Waals surface area contributed by atoms with Crippen LogP contribution >= 0.6 is 11.8 Å². The van der Waals surface area contributed by atoms with Crippen molar-refractivity contribution in [2.24, 2.45) is 5.92 Å². The third-order valence-corrected chi connectivity index (χ3v) is 3.89. The second-order valence-corrected chi connectivity index (χ2v) is 5.22. The molecule has 0 radical (unpaired) electrons. The normalized spacial score (nSPS) is 30.7. The fraction of sp³-hybridized carbons (Fsp3) is 1.00. The number of hydrogen-bond donors (Lipinski definition) is 1. The van der Waals surface area contributed by atoms with E-state index in [0.717, 1.165) is 12.0 Å². The van der Waals surface area contributed by atoms with Gasteiger partial charge in [0.15, 0.2) is 0 Å². The zero-order valence-corrected chi connectivity index (χ0v) is 9.99. The molecule has 3 unspecified atom stereocenters. The van der Waals surface area contributed by atoms with Crippen LogP contribution in [0.1, 0.15) is 39.5 Å². The molecule has 0 aromatic heterocycles.